The molecule has 5 heteroatoms. The molecule has 0 bridgehead atoms. The van der Waals surface area contributed by atoms with Crippen LogP contribution in [0.4, 0.5) is 0 Å². The molecule has 1 aromatic carbocycles. The first-order valence-electron chi connectivity index (χ1n) is 6.95. The fourth-order valence-corrected chi connectivity index (χ4v) is 5.03. The lowest BCUT2D eigenvalue weighted by Crippen LogP contribution is -2.05. The summed E-state index contributed by atoms with van der Waals surface area (Å²) >= 11 is 6.31. The molecule has 0 amide bonds. The maximum Gasteiger partial charge on any atom is 0.0700 e. The van der Waals surface area contributed by atoms with Gasteiger partial charge in [-0.2, -0.15) is 10.9 Å². The number of methoxy groups -OCH3 is 1. The first-order valence-corrected chi connectivity index (χ1v) is 8.85. The quantitative estimate of drug-likeness (QED) is 0.587. The largest absolute Gasteiger partial charge is 0.382 e. The smallest absolute Gasteiger partial charge is 0.0700 e. The van der Waals surface area contributed by atoms with E-state index in [-0.39, 0.29) is 10.9 Å². The van der Waals surface area contributed by atoms with Gasteiger partial charge in [-0.05, 0) is 25.0 Å². The van der Waals surface area contributed by atoms with Gasteiger partial charge in [-0.1, -0.05) is 23.7 Å². The number of rotatable bonds is 8. The minimum Gasteiger partial charge on any atom is -0.382 e. The molecule has 0 aromatic heterocycles. The van der Waals surface area contributed by atoms with Gasteiger partial charge in [0.1, 0.15) is 0 Å². The number of ether oxygens (including phenoxy) is 2. The fourth-order valence-electron chi connectivity index (χ4n) is 2.21. The summed E-state index contributed by atoms with van der Waals surface area (Å²) in [6.45, 7) is 3.04. The summed E-state index contributed by atoms with van der Waals surface area (Å²) in [6, 6.07) is 8.16. The molecule has 20 heavy (non-hydrogen) atoms. The summed E-state index contributed by atoms with van der Waals surface area (Å²) in [4.78, 5) is 5.95. The maximum absolute atomic E-state index is 6.31. The Hall–Kier alpha value is -0.550. The van der Waals surface area contributed by atoms with E-state index in [1.54, 1.807) is 7.11 Å². The summed E-state index contributed by atoms with van der Waals surface area (Å²) in [5, 5.41) is 2.22. The Labute approximate surface area is 128 Å². The van der Waals surface area contributed by atoms with Gasteiger partial charge in [0.2, 0.25) is 0 Å². The highest BCUT2D eigenvalue weighted by atomic mass is 35.5. The van der Waals surface area contributed by atoms with Crippen LogP contribution in [-0.4, -0.2) is 44.3 Å². The van der Waals surface area contributed by atoms with Crippen LogP contribution in [0.15, 0.2) is 34.2 Å². The Balaban J connectivity index is 1.81. The molecular formula is C15H22ClNO2S. The van der Waals surface area contributed by atoms with Crippen molar-refractivity contribution in [3.8, 4) is 0 Å². The van der Waals surface area contributed by atoms with Crippen molar-refractivity contribution in [2.24, 2.45) is 4.99 Å². The van der Waals surface area contributed by atoms with E-state index in [4.69, 9.17) is 21.1 Å². The molecule has 0 fully saturated rings. The second-order valence-corrected chi connectivity index (χ2v) is 7.32. The zero-order valence-corrected chi connectivity index (χ0v) is 13.5. The zero-order valence-electron chi connectivity index (χ0n) is 11.8. The highest BCUT2D eigenvalue weighted by Gasteiger charge is 2.20. The van der Waals surface area contributed by atoms with Gasteiger partial charge in [0, 0.05) is 30.9 Å². The Kier molecular flexibility index (Phi) is 6.87. The summed E-state index contributed by atoms with van der Waals surface area (Å²) in [5.41, 5.74) is 0. The molecule has 112 valence electrons. The van der Waals surface area contributed by atoms with Crippen LogP contribution in [0, 0.1) is 0 Å². The van der Waals surface area contributed by atoms with Gasteiger partial charge in [0.05, 0.1) is 23.3 Å². The predicted molar refractivity (Wildman–Crippen MR) is 87.8 cm³/mol. The Bertz CT molecular complexity index is 453. The summed E-state index contributed by atoms with van der Waals surface area (Å²) in [6.07, 6.45) is 2.04. The van der Waals surface area contributed by atoms with Gasteiger partial charge >= 0.3 is 0 Å². The predicted octanol–water partition coefficient (Wildman–Crippen LogP) is 3.56. The first-order chi connectivity index (χ1) is 9.83. The molecule has 0 saturated carbocycles. The van der Waals surface area contributed by atoms with Crippen molar-refractivity contribution in [1.82, 2.24) is 0 Å². The van der Waals surface area contributed by atoms with Gasteiger partial charge in [0.15, 0.2) is 0 Å². The number of hydrogen-bond acceptors (Lipinski definition) is 3. The number of hydrogen-bond donors (Lipinski definition) is 1. The molecule has 0 saturated heterocycles. The van der Waals surface area contributed by atoms with E-state index in [9.17, 15) is 0 Å². The van der Waals surface area contributed by atoms with Crippen LogP contribution >= 0.6 is 22.5 Å². The van der Waals surface area contributed by atoms with Crippen molar-refractivity contribution in [2.45, 2.75) is 17.7 Å². The van der Waals surface area contributed by atoms with Crippen molar-refractivity contribution in [3.63, 3.8) is 0 Å². The van der Waals surface area contributed by atoms with E-state index in [1.165, 1.54) is 9.94 Å². The maximum atomic E-state index is 6.31. The normalized spacial score (nSPS) is 20.1. The van der Waals surface area contributed by atoms with Crippen LogP contribution in [0.2, 0.25) is 5.02 Å². The van der Waals surface area contributed by atoms with Crippen LogP contribution in [0.25, 0.3) is 0 Å². The summed E-state index contributed by atoms with van der Waals surface area (Å²) < 4.78 is 10.4. The van der Waals surface area contributed by atoms with Crippen molar-refractivity contribution in [3.05, 3.63) is 29.3 Å². The lowest BCUT2D eigenvalue weighted by Gasteiger charge is -2.19. The number of thiol groups is 1. The van der Waals surface area contributed by atoms with E-state index in [0.717, 1.165) is 36.8 Å². The molecule has 1 aromatic rings. The van der Waals surface area contributed by atoms with Crippen molar-refractivity contribution < 1.29 is 9.47 Å². The van der Waals surface area contributed by atoms with E-state index < -0.39 is 0 Å². The number of aliphatic imine (C=N–C) groups is 1. The molecule has 1 atom stereocenters. The monoisotopic (exact) mass is 315 g/mol. The molecule has 0 radical (unpaired) electrons. The van der Waals surface area contributed by atoms with Gasteiger partial charge < -0.3 is 9.47 Å². The van der Waals surface area contributed by atoms with E-state index >= 15 is 0 Å². The Morgan fingerprint density at radius 3 is 2.90 bits per heavy atom. The topological polar surface area (TPSA) is 30.8 Å². The third kappa shape index (κ3) is 4.48. The fraction of sp³-hybridized carbons (Fsp3) is 0.533. The van der Waals surface area contributed by atoms with Crippen LogP contribution in [0.1, 0.15) is 12.8 Å². The van der Waals surface area contributed by atoms with Crippen LogP contribution < -0.4 is 0 Å². The second kappa shape index (κ2) is 8.67. The van der Waals surface area contributed by atoms with Gasteiger partial charge in [-0.15, -0.1) is 0 Å². The molecule has 0 spiro atoms. The van der Waals surface area contributed by atoms with Crippen molar-refractivity contribution in [1.29, 1.82) is 0 Å². The third-order valence-electron chi connectivity index (χ3n) is 3.19. The van der Waals surface area contributed by atoms with Crippen LogP contribution in [0.5, 0.6) is 0 Å². The van der Waals surface area contributed by atoms with E-state index in [0.29, 0.717) is 13.2 Å². The number of nitrogens with zero attached hydrogens (tertiary/aromatic N) is 1. The number of halogens is 1. The lowest BCUT2D eigenvalue weighted by molar-refractivity contribution is 0.0701. The molecule has 3 nitrogen and oxygen atoms in total. The average molecular weight is 316 g/mol. The van der Waals surface area contributed by atoms with E-state index in [2.05, 4.69) is 17.1 Å². The summed E-state index contributed by atoms with van der Waals surface area (Å²) in [5.74, 6) is 1.14. The highest BCUT2D eigenvalue weighted by Crippen LogP contribution is 2.45. The van der Waals surface area contributed by atoms with Gasteiger partial charge in [-0.25, -0.2) is 0 Å². The van der Waals surface area contributed by atoms with Gasteiger partial charge in [-0.3, -0.25) is 4.99 Å². The second-order valence-electron chi connectivity index (χ2n) is 4.61. The molecule has 1 heterocycles. The molecule has 1 aliphatic rings. The molecule has 1 aliphatic heterocycles. The van der Waals surface area contributed by atoms with E-state index in [1.807, 2.05) is 12.1 Å². The van der Waals surface area contributed by atoms with Gasteiger partial charge in [0.25, 0.3) is 0 Å². The SMILES string of the molecule is COCCOCCCC1=NCC[SH]1c1ccccc1Cl. The molecular weight excluding hydrogens is 294 g/mol. The molecule has 2 rings (SSSR count). The molecule has 0 N–H and O–H groups in total. The zero-order chi connectivity index (χ0) is 14.2. The third-order valence-corrected chi connectivity index (χ3v) is 6.26. The Morgan fingerprint density at radius 1 is 1.25 bits per heavy atom. The Morgan fingerprint density at radius 2 is 2.10 bits per heavy atom. The lowest BCUT2D eigenvalue weighted by atomic mass is 10.3. The number of benzene rings is 1. The van der Waals surface area contributed by atoms with Crippen molar-refractivity contribution in [2.75, 3.05) is 39.2 Å². The van der Waals surface area contributed by atoms with Crippen molar-refractivity contribution >= 4 is 27.5 Å². The molecule has 0 aliphatic carbocycles. The van der Waals surface area contributed by atoms with Crippen LogP contribution in [-0.2, 0) is 9.47 Å². The summed E-state index contributed by atoms with van der Waals surface area (Å²) in [7, 11) is 1.37. The standard InChI is InChI=1S/C15H22ClNO2S/c1-18-10-11-19-9-4-7-15-17-8-12-20(15)14-6-3-2-5-13(14)16/h2-3,5-6,20H,4,7-12H2,1H3. The minimum absolute atomic E-state index is 0.314. The average Bonchev–Trinajstić information content (AvgIpc) is 2.91. The van der Waals surface area contributed by atoms with Crippen LogP contribution in [0.3, 0.4) is 0 Å². The first kappa shape index (κ1) is 15.8. The molecule has 1 unspecified atom stereocenters. The minimum atomic E-state index is -0.314. The highest BCUT2D eigenvalue weighted by molar-refractivity contribution is 8.30.